The molecule has 0 heterocycles. The molecule has 0 aliphatic rings. The first-order chi connectivity index (χ1) is 7.17. The normalized spacial score (nSPS) is 9.47. The monoisotopic (exact) mass is 271 g/mol. The number of benzene rings is 1. The molecule has 1 aromatic carbocycles. The fraction of sp³-hybridized carbons (Fsp3) is 0.200. The van der Waals surface area contributed by atoms with Crippen LogP contribution in [0.25, 0.3) is 0 Å². The van der Waals surface area contributed by atoms with Gasteiger partial charge in [-0.3, -0.25) is 4.79 Å². The van der Waals surface area contributed by atoms with Gasteiger partial charge in [-0.1, -0.05) is 15.9 Å². The van der Waals surface area contributed by atoms with E-state index in [2.05, 4.69) is 21.2 Å². The lowest BCUT2D eigenvalue weighted by Crippen LogP contribution is -2.26. The van der Waals surface area contributed by atoms with Crippen molar-refractivity contribution in [3.05, 3.63) is 28.2 Å². The smallest absolute Gasteiger partial charge is 0.410 e. The Morgan fingerprint density at radius 3 is 2.93 bits per heavy atom. The average Bonchev–Trinajstić information content (AvgIpc) is 2.21. The number of aldehydes is 1. The molecular weight excluding hydrogens is 262 g/mol. The molecule has 80 valence electrons. The van der Waals surface area contributed by atoms with Crippen molar-refractivity contribution in [1.29, 1.82) is 0 Å². The van der Waals surface area contributed by atoms with Gasteiger partial charge in [0.25, 0.3) is 0 Å². The molecule has 0 saturated heterocycles. The van der Waals surface area contributed by atoms with Crippen molar-refractivity contribution in [2.24, 2.45) is 0 Å². The van der Waals surface area contributed by atoms with Crippen molar-refractivity contribution in [2.45, 2.75) is 6.92 Å². The summed E-state index contributed by atoms with van der Waals surface area (Å²) >= 11 is 3.22. The second-order valence-corrected chi connectivity index (χ2v) is 3.64. The third-order valence-electron chi connectivity index (χ3n) is 1.62. The fourth-order valence-corrected chi connectivity index (χ4v) is 1.36. The van der Waals surface area contributed by atoms with Gasteiger partial charge < -0.3 is 10.1 Å². The molecule has 1 amide bonds. The molecule has 0 aliphatic heterocycles. The number of halogens is 1. The Labute approximate surface area is 95.7 Å². The summed E-state index contributed by atoms with van der Waals surface area (Å²) in [5.74, 6) is 0.249. The van der Waals surface area contributed by atoms with Crippen LogP contribution in [-0.2, 0) is 0 Å². The highest BCUT2D eigenvalue weighted by atomic mass is 79.9. The Balaban J connectivity index is 2.84. The van der Waals surface area contributed by atoms with Gasteiger partial charge in [0.1, 0.15) is 5.75 Å². The van der Waals surface area contributed by atoms with Crippen LogP contribution in [-0.4, -0.2) is 18.9 Å². The first-order valence-electron chi connectivity index (χ1n) is 4.37. The lowest BCUT2D eigenvalue weighted by Gasteiger charge is -2.06. The van der Waals surface area contributed by atoms with Crippen molar-refractivity contribution < 1.29 is 14.3 Å². The summed E-state index contributed by atoms with van der Waals surface area (Å²) in [6.45, 7) is 2.26. The Hall–Kier alpha value is -1.36. The minimum absolute atomic E-state index is 0.249. The molecule has 1 N–H and O–H groups in total. The number of amides is 1. The summed E-state index contributed by atoms with van der Waals surface area (Å²) in [6.07, 6.45) is 0.0715. The minimum atomic E-state index is -0.567. The van der Waals surface area contributed by atoms with Crippen molar-refractivity contribution >= 4 is 28.3 Å². The van der Waals surface area contributed by atoms with E-state index in [0.29, 0.717) is 18.4 Å². The van der Waals surface area contributed by atoms with Gasteiger partial charge in [0, 0.05) is 11.0 Å². The van der Waals surface area contributed by atoms with Gasteiger partial charge in [-0.2, -0.15) is 0 Å². The van der Waals surface area contributed by atoms with E-state index in [1.54, 1.807) is 25.1 Å². The maximum Gasteiger partial charge on any atom is 0.412 e. The van der Waals surface area contributed by atoms with E-state index in [-0.39, 0.29) is 5.75 Å². The lowest BCUT2D eigenvalue weighted by atomic mass is 10.2. The van der Waals surface area contributed by atoms with E-state index in [1.165, 1.54) is 0 Å². The van der Waals surface area contributed by atoms with Crippen molar-refractivity contribution in [2.75, 3.05) is 6.54 Å². The molecule has 0 radical (unpaired) electrons. The van der Waals surface area contributed by atoms with E-state index in [1.807, 2.05) is 0 Å². The highest BCUT2D eigenvalue weighted by Gasteiger charge is 2.07. The number of hydrogen-bond acceptors (Lipinski definition) is 3. The number of carbonyl (C=O) groups excluding carboxylic acids is 2. The zero-order valence-electron chi connectivity index (χ0n) is 8.12. The van der Waals surface area contributed by atoms with E-state index < -0.39 is 6.09 Å². The summed E-state index contributed by atoms with van der Waals surface area (Å²) in [4.78, 5) is 21.8. The second-order valence-electron chi connectivity index (χ2n) is 2.72. The van der Waals surface area contributed by atoms with Gasteiger partial charge in [-0.05, 0) is 25.1 Å². The number of hydrogen-bond donors (Lipinski definition) is 1. The Morgan fingerprint density at radius 2 is 2.33 bits per heavy atom. The Kier molecular flexibility index (Phi) is 4.30. The summed E-state index contributed by atoms with van der Waals surface area (Å²) in [5.41, 5.74) is 0.329. The van der Waals surface area contributed by atoms with Gasteiger partial charge in [0.05, 0.1) is 5.56 Å². The van der Waals surface area contributed by atoms with Crippen LogP contribution >= 0.6 is 15.9 Å². The predicted molar refractivity (Wildman–Crippen MR) is 59.2 cm³/mol. The predicted octanol–water partition coefficient (Wildman–Crippen LogP) is 2.37. The molecule has 0 spiro atoms. The van der Waals surface area contributed by atoms with Crippen molar-refractivity contribution in [1.82, 2.24) is 5.32 Å². The minimum Gasteiger partial charge on any atom is -0.410 e. The Bertz CT molecular complexity index is 379. The Morgan fingerprint density at radius 1 is 1.60 bits per heavy atom. The number of nitrogens with one attached hydrogen (secondary N) is 1. The maximum atomic E-state index is 11.1. The summed E-state index contributed by atoms with van der Waals surface area (Å²) in [6, 6.07) is 4.84. The van der Waals surface area contributed by atoms with E-state index >= 15 is 0 Å². The number of ether oxygens (including phenoxy) is 1. The van der Waals surface area contributed by atoms with E-state index in [4.69, 9.17) is 4.74 Å². The molecule has 5 heteroatoms. The van der Waals surface area contributed by atoms with Crippen molar-refractivity contribution in [3.63, 3.8) is 0 Å². The topological polar surface area (TPSA) is 55.4 Å². The van der Waals surface area contributed by atoms with Crippen LogP contribution in [0.3, 0.4) is 0 Å². The van der Waals surface area contributed by atoms with Crippen molar-refractivity contribution in [3.8, 4) is 5.75 Å². The second kappa shape index (κ2) is 5.50. The quantitative estimate of drug-likeness (QED) is 0.859. The molecule has 0 saturated carbocycles. The standard InChI is InChI=1S/C10H10BrNO3/c1-2-12-10(14)15-9-4-3-8(11)5-7(9)6-13/h3-6H,2H2,1H3,(H,12,14). The molecule has 1 aromatic rings. The van der Waals surface area contributed by atoms with Crippen LogP contribution in [0.15, 0.2) is 22.7 Å². The van der Waals surface area contributed by atoms with Crippen LogP contribution in [0, 0.1) is 0 Å². The van der Waals surface area contributed by atoms with Crippen LogP contribution in [0.2, 0.25) is 0 Å². The molecule has 0 aliphatic carbocycles. The molecule has 0 aromatic heterocycles. The first-order valence-corrected chi connectivity index (χ1v) is 5.17. The molecule has 15 heavy (non-hydrogen) atoms. The SMILES string of the molecule is CCNC(=O)Oc1ccc(Br)cc1C=O. The number of rotatable bonds is 3. The zero-order chi connectivity index (χ0) is 11.3. The first kappa shape index (κ1) is 11.7. The molecule has 0 fully saturated rings. The van der Waals surface area contributed by atoms with Crippen LogP contribution in [0.5, 0.6) is 5.75 Å². The van der Waals surface area contributed by atoms with E-state index in [9.17, 15) is 9.59 Å². The van der Waals surface area contributed by atoms with Gasteiger partial charge in [0.2, 0.25) is 0 Å². The zero-order valence-corrected chi connectivity index (χ0v) is 9.71. The summed E-state index contributed by atoms with van der Waals surface area (Å²) in [5, 5.41) is 2.47. The largest absolute Gasteiger partial charge is 0.412 e. The van der Waals surface area contributed by atoms with Gasteiger partial charge >= 0.3 is 6.09 Å². The average molecular weight is 272 g/mol. The van der Waals surface area contributed by atoms with Gasteiger partial charge in [-0.15, -0.1) is 0 Å². The summed E-state index contributed by atoms with van der Waals surface area (Å²) < 4.78 is 5.69. The fourth-order valence-electron chi connectivity index (χ4n) is 0.985. The highest BCUT2D eigenvalue weighted by molar-refractivity contribution is 9.10. The van der Waals surface area contributed by atoms with Gasteiger partial charge in [-0.25, -0.2) is 4.79 Å². The molecule has 0 bridgehead atoms. The highest BCUT2D eigenvalue weighted by Crippen LogP contribution is 2.21. The summed E-state index contributed by atoms with van der Waals surface area (Å²) in [7, 11) is 0. The van der Waals surface area contributed by atoms with Crippen LogP contribution < -0.4 is 10.1 Å². The maximum absolute atomic E-state index is 11.1. The third-order valence-corrected chi connectivity index (χ3v) is 2.12. The molecule has 4 nitrogen and oxygen atoms in total. The lowest BCUT2D eigenvalue weighted by molar-refractivity contribution is 0.112. The molecular formula is C10H10BrNO3. The van der Waals surface area contributed by atoms with Crippen LogP contribution in [0.4, 0.5) is 4.79 Å². The molecule has 1 rings (SSSR count). The van der Waals surface area contributed by atoms with E-state index in [0.717, 1.165) is 4.47 Å². The van der Waals surface area contributed by atoms with Crippen LogP contribution in [0.1, 0.15) is 17.3 Å². The third kappa shape index (κ3) is 3.36. The molecule has 0 unspecified atom stereocenters. The number of carbonyl (C=O) groups is 2. The molecule has 0 atom stereocenters. The van der Waals surface area contributed by atoms with Gasteiger partial charge in [0.15, 0.2) is 6.29 Å².